The van der Waals surface area contributed by atoms with E-state index in [9.17, 15) is 8.42 Å². The van der Waals surface area contributed by atoms with Gasteiger partial charge in [0.25, 0.3) is 10.0 Å². The first-order chi connectivity index (χ1) is 9.29. The third-order valence-corrected chi connectivity index (χ3v) is 4.60. The minimum absolute atomic E-state index is 0.154. The second-order valence-corrected chi connectivity index (χ2v) is 6.70. The first-order valence-corrected chi connectivity index (χ1v) is 7.81. The van der Waals surface area contributed by atoms with E-state index in [1.807, 2.05) is 6.92 Å². The summed E-state index contributed by atoms with van der Waals surface area (Å²) in [4.78, 5) is 0.154. The van der Waals surface area contributed by atoms with Crippen molar-refractivity contribution in [2.24, 2.45) is 0 Å². The molecule has 0 spiro atoms. The summed E-state index contributed by atoms with van der Waals surface area (Å²) in [6, 6.07) is 9.69. The molecule has 20 heavy (non-hydrogen) atoms. The van der Waals surface area contributed by atoms with E-state index >= 15 is 0 Å². The highest BCUT2D eigenvalue weighted by Gasteiger charge is 2.16. The number of benzene rings is 2. The molecule has 0 bridgehead atoms. The highest BCUT2D eigenvalue weighted by atomic mass is 35.5. The van der Waals surface area contributed by atoms with Crippen molar-refractivity contribution in [2.45, 2.75) is 18.7 Å². The Morgan fingerprint density at radius 2 is 1.80 bits per heavy atom. The van der Waals surface area contributed by atoms with Crippen LogP contribution in [0.25, 0.3) is 0 Å². The molecule has 2 rings (SSSR count). The molecule has 2 aromatic carbocycles. The molecule has 0 atom stereocenters. The van der Waals surface area contributed by atoms with Crippen molar-refractivity contribution < 1.29 is 8.42 Å². The molecule has 0 aliphatic heterocycles. The van der Waals surface area contributed by atoms with Crippen molar-refractivity contribution in [1.82, 2.24) is 0 Å². The molecule has 0 heterocycles. The van der Waals surface area contributed by atoms with Gasteiger partial charge < -0.3 is 5.73 Å². The third kappa shape index (κ3) is 3.05. The summed E-state index contributed by atoms with van der Waals surface area (Å²) in [5.41, 5.74) is 8.27. The molecular formula is C14H15ClN2O2S. The highest BCUT2D eigenvalue weighted by Crippen LogP contribution is 2.26. The molecular weight excluding hydrogens is 296 g/mol. The van der Waals surface area contributed by atoms with Crippen LogP contribution in [0, 0.1) is 13.8 Å². The standard InChI is InChI=1S/C14H15ClN2O2S/c1-9-3-6-14(12(15)7-9)17-20(18,19)11-4-5-13(16)10(2)8-11/h3-8,17H,16H2,1-2H3. The van der Waals surface area contributed by atoms with E-state index in [2.05, 4.69) is 4.72 Å². The molecule has 2 aromatic rings. The van der Waals surface area contributed by atoms with Gasteiger partial charge in [0.15, 0.2) is 0 Å². The van der Waals surface area contributed by atoms with E-state index in [4.69, 9.17) is 17.3 Å². The largest absolute Gasteiger partial charge is 0.399 e. The maximum Gasteiger partial charge on any atom is 0.261 e. The summed E-state index contributed by atoms with van der Waals surface area (Å²) in [5.74, 6) is 0. The molecule has 0 aliphatic carbocycles. The predicted octanol–water partition coefficient (Wildman–Crippen LogP) is 3.34. The molecule has 6 heteroatoms. The number of rotatable bonds is 3. The number of sulfonamides is 1. The third-order valence-electron chi connectivity index (χ3n) is 2.92. The van der Waals surface area contributed by atoms with Gasteiger partial charge in [-0.1, -0.05) is 17.7 Å². The topological polar surface area (TPSA) is 72.2 Å². The zero-order valence-electron chi connectivity index (χ0n) is 11.1. The van der Waals surface area contributed by atoms with Gasteiger partial charge in [-0.2, -0.15) is 0 Å². The molecule has 0 aliphatic rings. The van der Waals surface area contributed by atoms with E-state index < -0.39 is 10.0 Å². The molecule has 0 aromatic heterocycles. The first-order valence-electron chi connectivity index (χ1n) is 5.95. The van der Waals surface area contributed by atoms with Crippen LogP contribution >= 0.6 is 11.6 Å². The quantitative estimate of drug-likeness (QED) is 0.854. The Morgan fingerprint density at radius 3 is 2.40 bits per heavy atom. The number of hydrogen-bond acceptors (Lipinski definition) is 3. The zero-order chi connectivity index (χ0) is 14.9. The fourth-order valence-electron chi connectivity index (χ4n) is 1.72. The summed E-state index contributed by atoms with van der Waals surface area (Å²) in [6.07, 6.45) is 0. The summed E-state index contributed by atoms with van der Waals surface area (Å²) >= 11 is 6.03. The summed E-state index contributed by atoms with van der Waals surface area (Å²) < 4.78 is 27.1. The van der Waals surface area contributed by atoms with Crippen LogP contribution < -0.4 is 10.5 Å². The molecule has 0 unspecified atom stereocenters. The minimum atomic E-state index is -3.68. The number of nitrogen functional groups attached to an aromatic ring is 1. The Hall–Kier alpha value is -1.72. The van der Waals surface area contributed by atoms with Crippen LogP contribution in [0.3, 0.4) is 0 Å². The lowest BCUT2D eigenvalue weighted by atomic mass is 10.2. The van der Waals surface area contributed by atoms with E-state index in [1.54, 1.807) is 31.2 Å². The van der Waals surface area contributed by atoms with Crippen molar-refractivity contribution in [3.63, 3.8) is 0 Å². The molecule has 0 fully saturated rings. The Labute approximate surface area is 123 Å². The Morgan fingerprint density at radius 1 is 1.10 bits per heavy atom. The van der Waals surface area contributed by atoms with Crippen LogP contribution in [0.5, 0.6) is 0 Å². The van der Waals surface area contributed by atoms with E-state index in [1.165, 1.54) is 12.1 Å². The number of halogens is 1. The second-order valence-electron chi connectivity index (χ2n) is 4.61. The minimum Gasteiger partial charge on any atom is -0.399 e. The van der Waals surface area contributed by atoms with E-state index in [0.717, 1.165) is 5.56 Å². The van der Waals surface area contributed by atoms with Gasteiger partial charge in [0, 0.05) is 5.69 Å². The molecule has 0 amide bonds. The number of anilines is 2. The average Bonchev–Trinajstić information content (AvgIpc) is 2.36. The van der Waals surface area contributed by atoms with Crippen LogP contribution in [0.15, 0.2) is 41.3 Å². The summed E-state index contributed by atoms with van der Waals surface area (Å²) in [5, 5.41) is 0.362. The van der Waals surface area contributed by atoms with Gasteiger partial charge in [-0.05, 0) is 55.3 Å². The fourth-order valence-corrected chi connectivity index (χ4v) is 3.22. The molecule has 106 valence electrons. The SMILES string of the molecule is Cc1ccc(NS(=O)(=O)c2ccc(N)c(C)c2)c(Cl)c1. The normalized spacial score (nSPS) is 11.3. The average molecular weight is 311 g/mol. The van der Waals surface area contributed by atoms with Crippen LogP contribution in [0.2, 0.25) is 5.02 Å². The lowest BCUT2D eigenvalue weighted by Gasteiger charge is -2.11. The summed E-state index contributed by atoms with van der Waals surface area (Å²) in [6.45, 7) is 3.64. The maximum atomic E-state index is 12.3. The molecule has 4 nitrogen and oxygen atoms in total. The van der Waals surface area contributed by atoms with Gasteiger partial charge >= 0.3 is 0 Å². The molecule has 0 radical (unpaired) electrons. The van der Waals surface area contributed by atoms with Gasteiger partial charge in [0.2, 0.25) is 0 Å². The van der Waals surface area contributed by atoms with Crippen LogP contribution in [-0.4, -0.2) is 8.42 Å². The van der Waals surface area contributed by atoms with Crippen molar-refractivity contribution >= 4 is 33.0 Å². The van der Waals surface area contributed by atoms with Crippen LogP contribution in [0.4, 0.5) is 11.4 Å². The van der Waals surface area contributed by atoms with E-state index in [-0.39, 0.29) is 4.90 Å². The van der Waals surface area contributed by atoms with Crippen molar-refractivity contribution in [2.75, 3.05) is 10.5 Å². The van der Waals surface area contributed by atoms with Gasteiger partial charge in [-0.3, -0.25) is 4.72 Å². The lowest BCUT2D eigenvalue weighted by Crippen LogP contribution is -2.13. The Balaban J connectivity index is 2.38. The van der Waals surface area contributed by atoms with Gasteiger partial charge in [0.05, 0.1) is 15.6 Å². The zero-order valence-corrected chi connectivity index (χ0v) is 12.7. The van der Waals surface area contributed by atoms with Crippen molar-refractivity contribution in [3.05, 3.63) is 52.5 Å². The number of nitrogens with one attached hydrogen (secondary N) is 1. The van der Waals surface area contributed by atoms with Crippen molar-refractivity contribution in [3.8, 4) is 0 Å². The van der Waals surface area contributed by atoms with Gasteiger partial charge in [-0.25, -0.2) is 8.42 Å². The number of hydrogen-bond donors (Lipinski definition) is 2. The number of aryl methyl sites for hydroxylation is 2. The highest BCUT2D eigenvalue weighted by molar-refractivity contribution is 7.92. The van der Waals surface area contributed by atoms with Crippen molar-refractivity contribution in [1.29, 1.82) is 0 Å². The Bertz CT molecular complexity index is 758. The van der Waals surface area contributed by atoms with Gasteiger partial charge in [0.1, 0.15) is 0 Å². The molecule has 0 saturated heterocycles. The van der Waals surface area contributed by atoms with Crippen LogP contribution in [-0.2, 0) is 10.0 Å². The maximum absolute atomic E-state index is 12.3. The second kappa shape index (κ2) is 5.34. The summed E-state index contributed by atoms with van der Waals surface area (Å²) in [7, 11) is -3.68. The number of nitrogens with two attached hydrogens (primary N) is 1. The molecule has 3 N–H and O–H groups in total. The lowest BCUT2D eigenvalue weighted by molar-refractivity contribution is 0.601. The fraction of sp³-hybridized carbons (Fsp3) is 0.143. The first kappa shape index (κ1) is 14.7. The predicted molar refractivity (Wildman–Crippen MR) is 82.6 cm³/mol. The van der Waals surface area contributed by atoms with E-state index in [0.29, 0.717) is 22.0 Å². The Kier molecular flexibility index (Phi) is 3.92. The molecule has 0 saturated carbocycles. The smallest absolute Gasteiger partial charge is 0.261 e. The van der Waals surface area contributed by atoms with Gasteiger partial charge in [-0.15, -0.1) is 0 Å². The van der Waals surface area contributed by atoms with Crippen LogP contribution in [0.1, 0.15) is 11.1 Å². The monoisotopic (exact) mass is 310 g/mol.